The van der Waals surface area contributed by atoms with Crippen LogP contribution in [0.15, 0.2) is 21.7 Å². The molecule has 1 aromatic carbocycles. The van der Waals surface area contributed by atoms with E-state index in [0.29, 0.717) is 13.0 Å². The summed E-state index contributed by atoms with van der Waals surface area (Å²) < 4.78 is 40.7. The number of H-pyrrole nitrogens is 1. The Balaban J connectivity index is 2.83. The van der Waals surface area contributed by atoms with Crippen LogP contribution >= 0.6 is 0 Å². The molecule has 1 heterocycles. The Morgan fingerprint density at radius 2 is 1.91 bits per heavy atom. The number of alkyl halides is 3. The van der Waals surface area contributed by atoms with Gasteiger partial charge in [0, 0.05) is 18.8 Å². The van der Waals surface area contributed by atoms with Gasteiger partial charge in [-0.1, -0.05) is 6.92 Å². The van der Waals surface area contributed by atoms with Crippen molar-refractivity contribution in [2.75, 3.05) is 11.9 Å². The Morgan fingerprint density at radius 1 is 1.23 bits per heavy atom. The number of aromatic amines is 1. The average molecular weight is 315 g/mol. The second-order valence-electron chi connectivity index (χ2n) is 4.84. The zero-order valence-electron chi connectivity index (χ0n) is 12.2. The minimum Gasteiger partial charge on any atom is -0.385 e. The molecule has 0 fully saturated rings. The van der Waals surface area contributed by atoms with Gasteiger partial charge in [-0.05, 0) is 25.5 Å². The fourth-order valence-electron chi connectivity index (χ4n) is 2.27. The molecule has 0 unspecified atom stereocenters. The number of rotatable bonds is 4. The van der Waals surface area contributed by atoms with Crippen molar-refractivity contribution >= 4 is 16.7 Å². The number of halogens is 3. The minimum absolute atomic E-state index is 0.0131. The Morgan fingerprint density at radius 3 is 2.45 bits per heavy atom. The summed E-state index contributed by atoms with van der Waals surface area (Å²) >= 11 is 0. The van der Waals surface area contributed by atoms with E-state index in [1.54, 1.807) is 6.92 Å². The predicted octanol–water partition coefficient (Wildman–Crippen LogP) is 2.55. The lowest BCUT2D eigenvalue weighted by Gasteiger charge is -2.17. The molecule has 0 spiro atoms. The van der Waals surface area contributed by atoms with Crippen molar-refractivity contribution in [3.63, 3.8) is 0 Å². The van der Waals surface area contributed by atoms with Gasteiger partial charge in [-0.15, -0.1) is 0 Å². The Kier molecular flexibility index (Phi) is 4.30. The van der Waals surface area contributed by atoms with E-state index in [4.69, 9.17) is 0 Å². The van der Waals surface area contributed by atoms with Gasteiger partial charge in [0.2, 0.25) is 0 Å². The molecule has 0 saturated heterocycles. The molecule has 5 nitrogen and oxygen atoms in total. The van der Waals surface area contributed by atoms with Gasteiger partial charge >= 0.3 is 17.3 Å². The SMILES string of the molecule is CCCNc1cc2c(cc1C(F)(F)F)[nH]c(=O)c(=O)n2CC. The molecule has 120 valence electrons. The maximum atomic E-state index is 13.2. The molecule has 0 aliphatic rings. The first kappa shape index (κ1) is 16.1. The summed E-state index contributed by atoms with van der Waals surface area (Å²) in [6.07, 6.45) is -3.91. The number of aryl methyl sites for hydroxylation is 1. The van der Waals surface area contributed by atoms with Crippen molar-refractivity contribution < 1.29 is 13.2 Å². The van der Waals surface area contributed by atoms with Gasteiger partial charge in [0.05, 0.1) is 16.6 Å². The van der Waals surface area contributed by atoms with E-state index in [0.717, 1.165) is 10.6 Å². The summed E-state index contributed by atoms with van der Waals surface area (Å²) in [5.41, 5.74) is -2.44. The van der Waals surface area contributed by atoms with Crippen LogP contribution in [-0.2, 0) is 12.7 Å². The number of hydrogen-bond donors (Lipinski definition) is 2. The molecular formula is C14H16F3N3O2. The van der Waals surface area contributed by atoms with Crippen LogP contribution in [0.25, 0.3) is 11.0 Å². The number of fused-ring (bicyclic) bond motifs is 1. The molecule has 0 bridgehead atoms. The van der Waals surface area contributed by atoms with Gasteiger partial charge < -0.3 is 14.9 Å². The van der Waals surface area contributed by atoms with Crippen molar-refractivity contribution in [1.82, 2.24) is 9.55 Å². The molecule has 2 N–H and O–H groups in total. The summed E-state index contributed by atoms with van der Waals surface area (Å²) in [5.74, 6) is 0. The van der Waals surface area contributed by atoms with E-state index in [9.17, 15) is 22.8 Å². The fraction of sp³-hybridized carbons (Fsp3) is 0.429. The van der Waals surface area contributed by atoms with E-state index in [1.807, 2.05) is 6.92 Å². The topological polar surface area (TPSA) is 66.9 Å². The minimum atomic E-state index is -4.56. The van der Waals surface area contributed by atoms with Crippen molar-refractivity contribution in [2.24, 2.45) is 0 Å². The third-order valence-electron chi connectivity index (χ3n) is 3.30. The van der Waals surface area contributed by atoms with Gasteiger partial charge in [-0.2, -0.15) is 13.2 Å². The highest BCUT2D eigenvalue weighted by atomic mass is 19.4. The van der Waals surface area contributed by atoms with Gasteiger partial charge in [-0.25, -0.2) is 0 Å². The van der Waals surface area contributed by atoms with E-state index < -0.39 is 22.9 Å². The third-order valence-corrected chi connectivity index (χ3v) is 3.30. The van der Waals surface area contributed by atoms with Crippen LogP contribution in [-0.4, -0.2) is 16.1 Å². The maximum absolute atomic E-state index is 13.2. The lowest BCUT2D eigenvalue weighted by atomic mass is 10.1. The Bertz CT molecular complexity index is 806. The van der Waals surface area contributed by atoms with Gasteiger partial charge in [0.15, 0.2) is 0 Å². The van der Waals surface area contributed by atoms with Crippen molar-refractivity contribution in [3.05, 3.63) is 38.4 Å². The number of aromatic nitrogens is 2. The lowest BCUT2D eigenvalue weighted by Crippen LogP contribution is -2.36. The molecular weight excluding hydrogens is 299 g/mol. The van der Waals surface area contributed by atoms with Crippen molar-refractivity contribution in [3.8, 4) is 0 Å². The van der Waals surface area contributed by atoms with E-state index >= 15 is 0 Å². The summed E-state index contributed by atoms with van der Waals surface area (Å²) in [5, 5.41) is 2.72. The van der Waals surface area contributed by atoms with Crippen molar-refractivity contribution in [2.45, 2.75) is 33.0 Å². The fourth-order valence-corrected chi connectivity index (χ4v) is 2.27. The highest BCUT2D eigenvalue weighted by molar-refractivity contribution is 5.81. The smallest absolute Gasteiger partial charge is 0.385 e. The number of nitrogens with one attached hydrogen (secondary N) is 2. The Labute approximate surface area is 123 Å². The van der Waals surface area contributed by atoms with Crippen LogP contribution in [0.5, 0.6) is 0 Å². The van der Waals surface area contributed by atoms with Crippen LogP contribution in [0.2, 0.25) is 0 Å². The highest BCUT2D eigenvalue weighted by Gasteiger charge is 2.34. The molecule has 0 radical (unpaired) electrons. The normalized spacial score (nSPS) is 11.9. The van der Waals surface area contributed by atoms with Gasteiger partial charge in [0.25, 0.3) is 0 Å². The predicted molar refractivity (Wildman–Crippen MR) is 78.3 cm³/mol. The standard InChI is InChI=1S/C14H16F3N3O2/c1-3-5-18-9-7-11-10(6-8(9)14(15,16)17)19-12(21)13(22)20(11)4-2/h6-7,18H,3-5H2,1-2H3,(H,19,21). The summed E-state index contributed by atoms with van der Waals surface area (Å²) in [4.78, 5) is 25.6. The summed E-state index contributed by atoms with van der Waals surface area (Å²) in [6.45, 7) is 4.05. The van der Waals surface area contributed by atoms with Gasteiger partial charge in [0.1, 0.15) is 0 Å². The van der Waals surface area contributed by atoms with Crippen LogP contribution in [0.1, 0.15) is 25.8 Å². The maximum Gasteiger partial charge on any atom is 0.418 e. The molecule has 2 aromatic rings. The van der Waals surface area contributed by atoms with Crippen LogP contribution < -0.4 is 16.4 Å². The largest absolute Gasteiger partial charge is 0.418 e. The molecule has 0 amide bonds. The first-order chi connectivity index (χ1) is 10.3. The van der Waals surface area contributed by atoms with E-state index in [1.165, 1.54) is 6.07 Å². The quantitative estimate of drug-likeness (QED) is 0.852. The first-order valence-electron chi connectivity index (χ1n) is 6.91. The van der Waals surface area contributed by atoms with Crippen LogP contribution in [0, 0.1) is 0 Å². The molecule has 0 atom stereocenters. The van der Waals surface area contributed by atoms with Crippen molar-refractivity contribution in [1.29, 1.82) is 0 Å². The number of benzene rings is 1. The van der Waals surface area contributed by atoms with E-state index in [-0.39, 0.29) is 23.3 Å². The first-order valence-corrected chi connectivity index (χ1v) is 6.91. The Hall–Kier alpha value is -2.25. The lowest BCUT2D eigenvalue weighted by molar-refractivity contribution is -0.136. The summed E-state index contributed by atoms with van der Waals surface area (Å²) in [6, 6.07) is 2.12. The number of anilines is 1. The molecule has 2 rings (SSSR count). The molecule has 0 aliphatic heterocycles. The second-order valence-corrected chi connectivity index (χ2v) is 4.84. The molecule has 1 aromatic heterocycles. The third kappa shape index (κ3) is 2.86. The zero-order chi connectivity index (χ0) is 16.5. The second kappa shape index (κ2) is 5.86. The van der Waals surface area contributed by atoms with Crippen LogP contribution in [0.3, 0.4) is 0 Å². The monoisotopic (exact) mass is 315 g/mol. The molecule has 0 saturated carbocycles. The van der Waals surface area contributed by atoms with Crippen LogP contribution in [0.4, 0.5) is 18.9 Å². The average Bonchev–Trinajstić information content (AvgIpc) is 2.45. The van der Waals surface area contributed by atoms with E-state index in [2.05, 4.69) is 10.3 Å². The van der Waals surface area contributed by atoms with Gasteiger partial charge in [-0.3, -0.25) is 9.59 Å². The number of nitrogens with zero attached hydrogens (tertiary/aromatic N) is 1. The highest BCUT2D eigenvalue weighted by Crippen LogP contribution is 2.36. The molecule has 0 aliphatic carbocycles. The summed E-state index contributed by atoms with van der Waals surface area (Å²) in [7, 11) is 0. The molecule has 22 heavy (non-hydrogen) atoms. The molecule has 8 heteroatoms. The number of hydrogen-bond acceptors (Lipinski definition) is 3. The zero-order valence-corrected chi connectivity index (χ0v) is 12.2.